The Bertz CT molecular complexity index is 281. The molecule has 18 heavy (non-hydrogen) atoms. The molecule has 0 rings (SSSR count). The van der Waals surface area contributed by atoms with Crippen molar-refractivity contribution in [2.75, 3.05) is 0 Å². The van der Waals surface area contributed by atoms with E-state index in [-0.39, 0.29) is 0 Å². The van der Waals surface area contributed by atoms with Gasteiger partial charge in [-0.2, -0.15) is 35.1 Å². The molecule has 0 aliphatic heterocycles. The molecular weight excluding hydrogens is 283 g/mol. The number of hydrogen-bond donors (Lipinski definition) is 1. The maximum atomic E-state index is 13.3. The molecule has 0 bridgehead atoms. The molecule has 0 saturated carbocycles. The lowest BCUT2D eigenvalue weighted by atomic mass is 9.89. The van der Waals surface area contributed by atoms with Crippen LogP contribution >= 0.6 is 0 Å². The van der Waals surface area contributed by atoms with Gasteiger partial charge in [0, 0.05) is 6.42 Å². The first-order valence-corrected chi connectivity index (χ1v) is 4.59. The molecule has 0 saturated heterocycles. The Hall–Kier alpha value is -0.670. The Balaban J connectivity index is 5.64. The van der Waals surface area contributed by atoms with Gasteiger partial charge in [0.25, 0.3) is 5.67 Å². The van der Waals surface area contributed by atoms with Crippen molar-refractivity contribution in [3.8, 4) is 0 Å². The Morgan fingerprint density at radius 3 is 1.44 bits per heavy atom. The third-order valence-electron chi connectivity index (χ3n) is 2.29. The Labute approximate surface area is 95.6 Å². The van der Waals surface area contributed by atoms with Gasteiger partial charge in [-0.1, -0.05) is 6.92 Å². The first-order chi connectivity index (χ1) is 7.70. The second kappa shape index (κ2) is 4.78. The van der Waals surface area contributed by atoms with E-state index < -0.39 is 42.9 Å². The van der Waals surface area contributed by atoms with Crippen LogP contribution in [0.1, 0.15) is 19.8 Å². The van der Waals surface area contributed by atoms with E-state index in [2.05, 4.69) is 0 Å². The molecule has 0 amide bonds. The van der Waals surface area contributed by atoms with Crippen LogP contribution < -0.4 is 0 Å². The largest absolute Gasteiger partial charge is 0.457 e. The molecule has 0 aliphatic carbocycles. The van der Waals surface area contributed by atoms with Crippen molar-refractivity contribution in [2.45, 2.75) is 49.8 Å². The number of rotatable bonds is 4. The van der Waals surface area contributed by atoms with Gasteiger partial charge in [-0.05, 0) is 6.42 Å². The van der Waals surface area contributed by atoms with Gasteiger partial charge in [0.1, 0.15) is 0 Å². The zero-order chi connectivity index (χ0) is 15.0. The van der Waals surface area contributed by atoms with Gasteiger partial charge in [-0.15, -0.1) is 0 Å². The second-order valence-corrected chi connectivity index (χ2v) is 3.64. The van der Waals surface area contributed by atoms with Crippen molar-refractivity contribution >= 4 is 0 Å². The smallest absolute Gasteiger partial charge is 0.393 e. The van der Waals surface area contributed by atoms with E-state index in [9.17, 15) is 39.5 Å². The molecule has 2 atom stereocenters. The highest BCUT2D eigenvalue weighted by atomic mass is 19.4. The van der Waals surface area contributed by atoms with E-state index >= 15 is 0 Å². The summed E-state index contributed by atoms with van der Waals surface area (Å²) >= 11 is 0. The van der Waals surface area contributed by atoms with Gasteiger partial charge >= 0.3 is 18.3 Å². The van der Waals surface area contributed by atoms with Crippen LogP contribution in [0.2, 0.25) is 0 Å². The summed E-state index contributed by atoms with van der Waals surface area (Å²) in [4.78, 5) is 0. The summed E-state index contributed by atoms with van der Waals surface area (Å²) in [5, 5.41) is 8.75. The fourth-order valence-electron chi connectivity index (χ4n) is 1.12. The van der Waals surface area contributed by atoms with Gasteiger partial charge < -0.3 is 5.11 Å². The summed E-state index contributed by atoms with van der Waals surface area (Å²) in [7, 11) is 0. The standard InChI is InChI=1S/C8H9F9O/c1-2-4(18)3-5(9,7(12,13)14)6(10,11)8(15,16)17/h4,18H,2-3H2,1H3. The van der Waals surface area contributed by atoms with Gasteiger partial charge in [-0.25, -0.2) is 4.39 Å². The lowest BCUT2D eigenvalue weighted by molar-refractivity contribution is -0.387. The number of halogens is 9. The summed E-state index contributed by atoms with van der Waals surface area (Å²) in [6, 6.07) is 0. The van der Waals surface area contributed by atoms with E-state index in [1.165, 1.54) is 0 Å². The topological polar surface area (TPSA) is 20.2 Å². The van der Waals surface area contributed by atoms with Crippen LogP contribution in [0.15, 0.2) is 0 Å². The van der Waals surface area contributed by atoms with E-state index in [1.807, 2.05) is 0 Å². The zero-order valence-electron chi connectivity index (χ0n) is 8.84. The van der Waals surface area contributed by atoms with Crippen LogP contribution in [0.5, 0.6) is 0 Å². The number of hydrogen-bond acceptors (Lipinski definition) is 1. The van der Waals surface area contributed by atoms with Crippen molar-refractivity contribution in [1.82, 2.24) is 0 Å². The third kappa shape index (κ3) is 2.83. The molecule has 2 unspecified atom stereocenters. The fourth-order valence-corrected chi connectivity index (χ4v) is 1.12. The second-order valence-electron chi connectivity index (χ2n) is 3.64. The van der Waals surface area contributed by atoms with Crippen LogP contribution in [-0.4, -0.2) is 35.2 Å². The van der Waals surface area contributed by atoms with Gasteiger partial charge in [0.2, 0.25) is 0 Å². The van der Waals surface area contributed by atoms with Crippen LogP contribution in [0.4, 0.5) is 39.5 Å². The van der Waals surface area contributed by atoms with Crippen LogP contribution in [0.25, 0.3) is 0 Å². The molecule has 0 aliphatic rings. The predicted octanol–water partition coefficient (Wildman–Crippen LogP) is 3.62. The van der Waals surface area contributed by atoms with E-state index in [0.29, 0.717) is 0 Å². The lowest BCUT2D eigenvalue weighted by Gasteiger charge is -2.36. The van der Waals surface area contributed by atoms with Crippen molar-refractivity contribution < 1.29 is 44.6 Å². The van der Waals surface area contributed by atoms with E-state index in [1.54, 1.807) is 0 Å². The van der Waals surface area contributed by atoms with Crippen LogP contribution in [-0.2, 0) is 0 Å². The quantitative estimate of drug-likeness (QED) is 0.785. The molecule has 0 heterocycles. The van der Waals surface area contributed by atoms with E-state index in [0.717, 1.165) is 6.92 Å². The molecule has 0 aromatic carbocycles. The first-order valence-electron chi connectivity index (χ1n) is 4.59. The average molecular weight is 292 g/mol. The molecule has 0 radical (unpaired) electrons. The molecule has 110 valence electrons. The molecule has 1 N–H and O–H groups in total. The van der Waals surface area contributed by atoms with Crippen molar-refractivity contribution in [3.63, 3.8) is 0 Å². The first kappa shape index (κ1) is 17.3. The average Bonchev–Trinajstić information content (AvgIpc) is 2.13. The maximum absolute atomic E-state index is 13.3. The predicted molar refractivity (Wildman–Crippen MR) is 41.8 cm³/mol. The molecule has 10 heteroatoms. The van der Waals surface area contributed by atoms with Crippen molar-refractivity contribution in [2.24, 2.45) is 0 Å². The number of alkyl halides is 9. The monoisotopic (exact) mass is 292 g/mol. The minimum absolute atomic E-state index is 0.602. The number of aliphatic hydroxyl groups excluding tert-OH is 1. The summed E-state index contributed by atoms with van der Waals surface area (Å²) in [5.41, 5.74) is -5.87. The highest BCUT2D eigenvalue weighted by Gasteiger charge is 2.80. The highest BCUT2D eigenvalue weighted by molar-refractivity contribution is 5.04. The maximum Gasteiger partial charge on any atom is 0.457 e. The van der Waals surface area contributed by atoms with Gasteiger partial charge in [0.05, 0.1) is 6.10 Å². The zero-order valence-corrected chi connectivity index (χ0v) is 8.84. The fraction of sp³-hybridized carbons (Fsp3) is 1.00. The Morgan fingerprint density at radius 2 is 1.22 bits per heavy atom. The molecule has 0 spiro atoms. The molecular formula is C8H9F9O. The van der Waals surface area contributed by atoms with Gasteiger partial charge in [0.15, 0.2) is 0 Å². The minimum Gasteiger partial charge on any atom is -0.393 e. The van der Waals surface area contributed by atoms with Crippen molar-refractivity contribution in [3.05, 3.63) is 0 Å². The van der Waals surface area contributed by atoms with E-state index in [4.69, 9.17) is 5.11 Å². The normalized spacial score (nSPS) is 19.5. The SMILES string of the molecule is CCC(O)CC(F)(C(F)(F)F)C(F)(F)C(F)(F)F. The summed E-state index contributed by atoms with van der Waals surface area (Å²) in [6.07, 6.45) is -18.5. The molecule has 1 nitrogen and oxygen atoms in total. The lowest BCUT2D eigenvalue weighted by Crippen LogP contribution is -2.63. The molecule has 0 aromatic heterocycles. The van der Waals surface area contributed by atoms with Crippen LogP contribution in [0, 0.1) is 0 Å². The summed E-state index contributed by atoms with van der Waals surface area (Å²) in [6.45, 7) is 1.01. The van der Waals surface area contributed by atoms with Crippen molar-refractivity contribution in [1.29, 1.82) is 0 Å². The Morgan fingerprint density at radius 1 is 0.833 bits per heavy atom. The number of aliphatic hydroxyl groups is 1. The summed E-state index contributed by atoms with van der Waals surface area (Å²) < 4.78 is 111. The van der Waals surface area contributed by atoms with Gasteiger partial charge in [-0.3, -0.25) is 0 Å². The van der Waals surface area contributed by atoms with Crippen LogP contribution in [0.3, 0.4) is 0 Å². The third-order valence-corrected chi connectivity index (χ3v) is 2.29. The minimum atomic E-state index is -6.72. The highest BCUT2D eigenvalue weighted by Crippen LogP contribution is 2.54. The molecule has 0 aromatic rings. The summed E-state index contributed by atoms with van der Waals surface area (Å²) in [5.74, 6) is -6.64. The Kier molecular flexibility index (Phi) is 4.60. The molecule has 0 fully saturated rings.